The normalized spacial score (nSPS) is 22.5. The summed E-state index contributed by atoms with van der Waals surface area (Å²) in [6.07, 6.45) is 6.71. The molecule has 4 rings (SSSR count). The molecule has 2 aromatic rings. The number of likely N-dealkylation sites (N-methyl/N-ethyl adjacent to an activating group) is 1. The SMILES string of the molecule is Cc1nn([C@H]2CC[C@H](CCC(=O)O)CC2)c(=O)n1-c1ccc2c(c1)CCN(C)CC2. The number of hydrogen-bond donors (Lipinski definition) is 1. The highest BCUT2D eigenvalue weighted by molar-refractivity contribution is 5.66. The molecule has 1 aliphatic heterocycles. The summed E-state index contributed by atoms with van der Waals surface area (Å²) in [4.78, 5) is 26.4. The molecule has 0 spiro atoms. The third kappa shape index (κ3) is 4.36. The van der Waals surface area contributed by atoms with Crippen molar-refractivity contribution >= 4 is 5.97 Å². The van der Waals surface area contributed by atoms with Gasteiger partial charge in [-0.25, -0.2) is 14.0 Å². The molecule has 1 N–H and O–H groups in total. The molecule has 0 saturated heterocycles. The van der Waals surface area contributed by atoms with Crippen molar-refractivity contribution in [1.29, 1.82) is 0 Å². The number of rotatable bonds is 5. The van der Waals surface area contributed by atoms with Gasteiger partial charge in [-0.05, 0) is 88.1 Å². The number of aliphatic carboxylic acids is 1. The van der Waals surface area contributed by atoms with Crippen molar-refractivity contribution in [3.8, 4) is 5.69 Å². The summed E-state index contributed by atoms with van der Waals surface area (Å²) >= 11 is 0. The van der Waals surface area contributed by atoms with Crippen LogP contribution in [0.4, 0.5) is 0 Å². The molecule has 1 fully saturated rings. The fourth-order valence-corrected chi connectivity index (χ4v) is 4.99. The van der Waals surface area contributed by atoms with Crippen LogP contribution < -0.4 is 5.69 Å². The summed E-state index contributed by atoms with van der Waals surface area (Å²) in [5.41, 5.74) is 3.55. The molecule has 1 aromatic heterocycles. The van der Waals surface area contributed by atoms with Crippen molar-refractivity contribution in [1.82, 2.24) is 19.2 Å². The molecule has 1 aromatic carbocycles. The van der Waals surface area contributed by atoms with Crippen LogP contribution in [0.25, 0.3) is 5.69 Å². The maximum atomic E-state index is 13.3. The number of aromatic nitrogens is 3. The van der Waals surface area contributed by atoms with E-state index in [4.69, 9.17) is 5.11 Å². The van der Waals surface area contributed by atoms with Crippen LogP contribution in [0.5, 0.6) is 0 Å². The van der Waals surface area contributed by atoms with Gasteiger partial charge < -0.3 is 10.0 Å². The Morgan fingerprint density at radius 3 is 2.53 bits per heavy atom. The minimum atomic E-state index is -0.727. The standard InChI is InChI=1S/C23H32N4O3/c1-16-24-27(20-7-3-17(4-8-20)5-10-22(28)29)23(30)26(16)21-9-6-18-11-13-25(2)14-12-19(18)15-21/h6,9,15,17,20H,3-5,7-8,10-14H2,1-2H3,(H,28,29)/t17-,20-. The maximum absolute atomic E-state index is 13.3. The fraction of sp³-hybridized carbons (Fsp3) is 0.609. The Hall–Kier alpha value is -2.41. The number of carboxylic acids is 1. The molecular formula is C23H32N4O3. The highest BCUT2D eigenvalue weighted by Gasteiger charge is 2.26. The second-order valence-electron chi connectivity index (χ2n) is 8.97. The van der Waals surface area contributed by atoms with Crippen LogP contribution in [0.3, 0.4) is 0 Å². The quantitative estimate of drug-likeness (QED) is 0.817. The summed E-state index contributed by atoms with van der Waals surface area (Å²) in [6, 6.07) is 6.49. The molecule has 0 atom stereocenters. The molecule has 162 valence electrons. The number of nitrogens with zero attached hydrogens (tertiary/aromatic N) is 4. The molecule has 0 radical (unpaired) electrons. The summed E-state index contributed by atoms with van der Waals surface area (Å²) in [5.74, 6) is 0.438. The molecule has 0 unspecified atom stereocenters. The molecule has 1 aliphatic carbocycles. The van der Waals surface area contributed by atoms with E-state index in [2.05, 4.69) is 29.2 Å². The van der Waals surface area contributed by atoms with Crippen LogP contribution in [-0.4, -0.2) is 50.5 Å². The molecule has 7 heteroatoms. The lowest BCUT2D eigenvalue weighted by Gasteiger charge is -2.27. The van der Waals surface area contributed by atoms with E-state index in [0.717, 1.165) is 69.5 Å². The molecule has 2 aliphatic rings. The first-order valence-corrected chi connectivity index (χ1v) is 11.1. The molecule has 30 heavy (non-hydrogen) atoms. The average Bonchev–Trinajstić information content (AvgIpc) is 2.90. The number of fused-ring (bicyclic) bond motifs is 1. The van der Waals surface area contributed by atoms with Gasteiger partial charge in [-0.15, -0.1) is 0 Å². The predicted molar refractivity (Wildman–Crippen MR) is 115 cm³/mol. The number of carboxylic acid groups (broad SMARTS) is 1. The lowest BCUT2D eigenvalue weighted by molar-refractivity contribution is -0.137. The third-order valence-corrected chi connectivity index (χ3v) is 6.87. The van der Waals surface area contributed by atoms with E-state index in [1.54, 1.807) is 9.25 Å². The van der Waals surface area contributed by atoms with Gasteiger partial charge >= 0.3 is 11.7 Å². The van der Waals surface area contributed by atoms with Gasteiger partial charge in [0.15, 0.2) is 0 Å². The average molecular weight is 413 g/mol. The van der Waals surface area contributed by atoms with Gasteiger partial charge in [-0.2, -0.15) is 5.10 Å². The van der Waals surface area contributed by atoms with E-state index in [0.29, 0.717) is 5.92 Å². The zero-order chi connectivity index (χ0) is 21.3. The largest absolute Gasteiger partial charge is 0.481 e. The minimum absolute atomic E-state index is 0.0628. The first-order valence-electron chi connectivity index (χ1n) is 11.1. The molecule has 0 amide bonds. The van der Waals surface area contributed by atoms with E-state index in [9.17, 15) is 9.59 Å². The summed E-state index contributed by atoms with van der Waals surface area (Å²) in [7, 11) is 2.15. The number of carbonyl (C=O) groups is 1. The lowest BCUT2D eigenvalue weighted by Crippen LogP contribution is -2.30. The van der Waals surface area contributed by atoms with Crippen molar-refractivity contribution in [3.05, 3.63) is 45.6 Å². The van der Waals surface area contributed by atoms with Gasteiger partial charge in [-0.3, -0.25) is 4.79 Å². The first kappa shape index (κ1) is 20.8. The highest BCUT2D eigenvalue weighted by Crippen LogP contribution is 2.33. The Morgan fingerprint density at radius 1 is 1.13 bits per heavy atom. The summed E-state index contributed by atoms with van der Waals surface area (Å²) in [6.45, 7) is 4.00. The van der Waals surface area contributed by atoms with Crippen LogP contribution in [0, 0.1) is 12.8 Å². The van der Waals surface area contributed by atoms with Crippen molar-refractivity contribution in [3.63, 3.8) is 0 Å². The second kappa shape index (κ2) is 8.76. The predicted octanol–water partition coefficient (Wildman–Crippen LogP) is 2.97. The van der Waals surface area contributed by atoms with Gasteiger partial charge in [0.2, 0.25) is 0 Å². The summed E-state index contributed by atoms with van der Waals surface area (Å²) in [5, 5.41) is 13.5. The number of hydrogen-bond acceptors (Lipinski definition) is 4. The summed E-state index contributed by atoms with van der Waals surface area (Å²) < 4.78 is 3.41. The molecular weight excluding hydrogens is 380 g/mol. The zero-order valence-electron chi connectivity index (χ0n) is 18.0. The van der Waals surface area contributed by atoms with Crippen molar-refractivity contribution in [2.24, 2.45) is 5.92 Å². The number of benzene rings is 1. The van der Waals surface area contributed by atoms with Crippen LogP contribution in [0.2, 0.25) is 0 Å². The van der Waals surface area contributed by atoms with Crippen molar-refractivity contribution in [2.45, 2.75) is 64.3 Å². The Bertz CT molecular complexity index is 969. The molecule has 2 heterocycles. The van der Waals surface area contributed by atoms with E-state index in [1.165, 1.54) is 11.1 Å². The Kier molecular flexibility index (Phi) is 6.09. The minimum Gasteiger partial charge on any atom is -0.481 e. The van der Waals surface area contributed by atoms with Gasteiger partial charge in [0.1, 0.15) is 5.82 Å². The maximum Gasteiger partial charge on any atom is 0.350 e. The smallest absolute Gasteiger partial charge is 0.350 e. The van der Waals surface area contributed by atoms with Crippen molar-refractivity contribution in [2.75, 3.05) is 20.1 Å². The molecule has 0 bridgehead atoms. The zero-order valence-corrected chi connectivity index (χ0v) is 18.0. The first-order chi connectivity index (χ1) is 14.4. The Balaban J connectivity index is 1.52. The Morgan fingerprint density at radius 2 is 1.83 bits per heavy atom. The Labute approximate surface area is 177 Å². The number of aryl methyl sites for hydroxylation is 1. The van der Waals surface area contributed by atoms with Gasteiger partial charge in [0.05, 0.1) is 11.7 Å². The van der Waals surface area contributed by atoms with Crippen LogP contribution in [0.1, 0.15) is 61.5 Å². The molecule has 1 saturated carbocycles. The lowest BCUT2D eigenvalue weighted by atomic mass is 9.83. The van der Waals surface area contributed by atoms with E-state index >= 15 is 0 Å². The van der Waals surface area contributed by atoms with Gasteiger partial charge in [-0.1, -0.05) is 6.07 Å². The van der Waals surface area contributed by atoms with Gasteiger partial charge in [0.25, 0.3) is 0 Å². The monoisotopic (exact) mass is 412 g/mol. The molecule has 7 nitrogen and oxygen atoms in total. The van der Waals surface area contributed by atoms with Gasteiger partial charge in [0, 0.05) is 19.5 Å². The second-order valence-corrected chi connectivity index (χ2v) is 8.97. The topological polar surface area (TPSA) is 80.4 Å². The third-order valence-electron chi connectivity index (χ3n) is 6.87. The van der Waals surface area contributed by atoms with E-state index in [-0.39, 0.29) is 18.2 Å². The fourth-order valence-electron chi connectivity index (χ4n) is 4.99. The highest BCUT2D eigenvalue weighted by atomic mass is 16.4. The van der Waals surface area contributed by atoms with Crippen LogP contribution in [-0.2, 0) is 17.6 Å². The van der Waals surface area contributed by atoms with Crippen LogP contribution in [0.15, 0.2) is 23.0 Å². The van der Waals surface area contributed by atoms with E-state index in [1.807, 2.05) is 13.0 Å². The van der Waals surface area contributed by atoms with Crippen molar-refractivity contribution < 1.29 is 9.90 Å². The van der Waals surface area contributed by atoms with Crippen LogP contribution >= 0.6 is 0 Å². The van der Waals surface area contributed by atoms with E-state index < -0.39 is 5.97 Å².